The lowest BCUT2D eigenvalue weighted by molar-refractivity contribution is 0.797. The van der Waals surface area contributed by atoms with Gasteiger partial charge in [0.25, 0.3) is 0 Å². The van der Waals surface area contributed by atoms with Crippen LogP contribution in [-0.2, 0) is 13.1 Å². The predicted octanol–water partition coefficient (Wildman–Crippen LogP) is 6.01. The summed E-state index contributed by atoms with van der Waals surface area (Å²) in [4.78, 5) is 6.50. The monoisotopic (exact) mass is 414 g/mol. The van der Waals surface area contributed by atoms with Crippen molar-refractivity contribution < 1.29 is 0 Å². The van der Waals surface area contributed by atoms with E-state index in [9.17, 15) is 10.5 Å². The van der Waals surface area contributed by atoms with E-state index in [1.807, 2.05) is 60.8 Å². The van der Waals surface area contributed by atoms with Crippen molar-refractivity contribution in [3.05, 3.63) is 119 Å². The van der Waals surface area contributed by atoms with Crippen LogP contribution in [0.5, 0.6) is 0 Å². The van der Waals surface area contributed by atoms with E-state index in [4.69, 9.17) is 0 Å². The lowest BCUT2D eigenvalue weighted by Crippen LogP contribution is -2.22. The zero-order valence-corrected chi connectivity index (χ0v) is 17.9. The predicted molar refractivity (Wildman–Crippen MR) is 127 cm³/mol. The Labute approximate surface area is 188 Å². The van der Waals surface area contributed by atoms with E-state index < -0.39 is 0 Å². The fourth-order valence-corrected chi connectivity index (χ4v) is 3.83. The van der Waals surface area contributed by atoms with Crippen LogP contribution in [0.4, 0.5) is 5.69 Å². The number of rotatable bonds is 6. The largest absolute Gasteiger partial charge is 0.363 e. The van der Waals surface area contributed by atoms with Crippen LogP contribution in [0.2, 0.25) is 0 Å². The third kappa shape index (κ3) is 4.67. The summed E-state index contributed by atoms with van der Waals surface area (Å²) < 4.78 is 0. The number of nitriles is 2. The average Bonchev–Trinajstić information content (AvgIpc) is 2.84. The Hall–Kier alpha value is -4.41. The molecule has 32 heavy (non-hydrogen) atoms. The van der Waals surface area contributed by atoms with Gasteiger partial charge in [-0.3, -0.25) is 4.98 Å². The molecule has 4 heteroatoms. The van der Waals surface area contributed by atoms with Gasteiger partial charge in [0.05, 0.1) is 23.3 Å². The van der Waals surface area contributed by atoms with Crippen LogP contribution in [0.1, 0.15) is 27.8 Å². The Morgan fingerprint density at radius 1 is 0.781 bits per heavy atom. The number of benzene rings is 3. The molecule has 4 rings (SSSR count). The summed E-state index contributed by atoms with van der Waals surface area (Å²) in [6.45, 7) is 3.34. The summed E-state index contributed by atoms with van der Waals surface area (Å²) in [6.07, 6.45) is 3.63. The highest BCUT2D eigenvalue weighted by atomic mass is 15.1. The van der Waals surface area contributed by atoms with Crippen molar-refractivity contribution in [1.29, 1.82) is 10.5 Å². The molecule has 0 saturated carbocycles. The lowest BCUT2D eigenvalue weighted by Gasteiger charge is -2.26. The molecule has 0 radical (unpaired) electrons. The first-order chi connectivity index (χ1) is 15.7. The Bertz CT molecular complexity index is 1310. The number of hydrogen-bond donors (Lipinski definition) is 0. The molecule has 1 heterocycles. The number of aryl methyl sites for hydroxylation is 1. The van der Waals surface area contributed by atoms with E-state index >= 15 is 0 Å². The molecule has 0 spiro atoms. The second kappa shape index (κ2) is 9.60. The average molecular weight is 415 g/mol. The number of anilines is 1. The first kappa shape index (κ1) is 20.8. The van der Waals surface area contributed by atoms with E-state index in [1.54, 1.807) is 6.20 Å². The summed E-state index contributed by atoms with van der Waals surface area (Å²) in [5.41, 5.74) is 7.54. The van der Waals surface area contributed by atoms with E-state index in [-0.39, 0.29) is 0 Å². The van der Waals surface area contributed by atoms with Crippen molar-refractivity contribution in [2.75, 3.05) is 4.90 Å². The van der Waals surface area contributed by atoms with Crippen molar-refractivity contribution in [2.24, 2.45) is 0 Å². The number of nitrogens with zero attached hydrogens (tertiary/aromatic N) is 4. The van der Waals surface area contributed by atoms with Gasteiger partial charge in [0.1, 0.15) is 0 Å². The summed E-state index contributed by atoms with van der Waals surface area (Å²) >= 11 is 0. The zero-order valence-electron chi connectivity index (χ0n) is 17.9. The molecule has 0 aliphatic carbocycles. The zero-order chi connectivity index (χ0) is 22.3. The van der Waals surface area contributed by atoms with Crippen molar-refractivity contribution in [3.8, 4) is 23.3 Å². The van der Waals surface area contributed by atoms with Gasteiger partial charge >= 0.3 is 0 Å². The van der Waals surface area contributed by atoms with Gasteiger partial charge in [0, 0.05) is 36.7 Å². The van der Waals surface area contributed by atoms with Gasteiger partial charge in [0.15, 0.2) is 0 Å². The molecule has 0 atom stereocenters. The van der Waals surface area contributed by atoms with E-state index in [0.29, 0.717) is 24.2 Å². The second-order valence-electron chi connectivity index (χ2n) is 7.69. The molecule has 4 nitrogen and oxygen atoms in total. The minimum atomic E-state index is 0.628. The molecule has 4 aromatic rings. The fraction of sp³-hybridized carbons (Fsp3) is 0.107. The van der Waals surface area contributed by atoms with Gasteiger partial charge in [0.2, 0.25) is 0 Å². The van der Waals surface area contributed by atoms with Crippen molar-refractivity contribution in [1.82, 2.24) is 4.98 Å². The molecule has 0 unspecified atom stereocenters. The Kier molecular flexibility index (Phi) is 6.25. The fourth-order valence-electron chi connectivity index (χ4n) is 3.83. The normalized spacial score (nSPS) is 10.2. The highest BCUT2D eigenvalue weighted by Gasteiger charge is 2.14. The minimum Gasteiger partial charge on any atom is -0.363 e. The molecule has 0 aliphatic heterocycles. The van der Waals surface area contributed by atoms with Gasteiger partial charge in [-0.25, -0.2) is 0 Å². The smallest absolute Gasteiger partial charge is 0.0998 e. The van der Waals surface area contributed by atoms with Gasteiger partial charge in [-0.15, -0.1) is 0 Å². The molecule has 1 aromatic heterocycles. The molecular weight excluding hydrogens is 392 g/mol. The Balaban J connectivity index is 1.78. The van der Waals surface area contributed by atoms with Crippen molar-refractivity contribution >= 4 is 5.69 Å². The number of aromatic nitrogens is 1. The van der Waals surface area contributed by atoms with Crippen molar-refractivity contribution in [2.45, 2.75) is 20.0 Å². The number of pyridine rings is 1. The van der Waals surface area contributed by atoms with Gasteiger partial charge < -0.3 is 4.90 Å². The number of hydrogen-bond acceptors (Lipinski definition) is 4. The highest BCUT2D eigenvalue weighted by molar-refractivity contribution is 5.77. The van der Waals surface area contributed by atoms with Crippen LogP contribution in [0.15, 0.2) is 91.3 Å². The molecular formula is C28H22N4. The molecule has 0 amide bonds. The van der Waals surface area contributed by atoms with Crippen LogP contribution in [0.3, 0.4) is 0 Å². The highest BCUT2D eigenvalue weighted by Crippen LogP contribution is 2.32. The van der Waals surface area contributed by atoms with Crippen LogP contribution >= 0.6 is 0 Å². The molecule has 0 fully saturated rings. The standard InChI is InChI=1S/C28H22N4/c1-21-6-2-3-10-27(21)28-15-26(12-11-25(28)17-30)32(20-24-9-5-13-31-18-24)19-23-8-4-7-22(14-23)16-29/h2-15,18H,19-20H2,1H3. The molecule has 0 bridgehead atoms. The van der Waals surface area contributed by atoms with Crippen LogP contribution < -0.4 is 4.90 Å². The first-order valence-electron chi connectivity index (χ1n) is 10.4. The maximum atomic E-state index is 9.73. The van der Waals surface area contributed by atoms with E-state index in [0.717, 1.165) is 33.5 Å². The van der Waals surface area contributed by atoms with Crippen LogP contribution in [-0.4, -0.2) is 4.98 Å². The van der Waals surface area contributed by atoms with Crippen molar-refractivity contribution in [3.63, 3.8) is 0 Å². The van der Waals surface area contributed by atoms with Gasteiger partial charge in [-0.05, 0) is 65.6 Å². The molecule has 0 aliphatic rings. The van der Waals surface area contributed by atoms with E-state index in [1.165, 1.54) is 0 Å². The third-order valence-corrected chi connectivity index (χ3v) is 5.45. The quantitative estimate of drug-likeness (QED) is 0.388. The molecule has 0 N–H and O–H groups in total. The van der Waals surface area contributed by atoms with Gasteiger partial charge in [-0.2, -0.15) is 10.5 Å². The SMILES string of the molecule is Cc1ccccc1-c1cc(N(Cc2cccnc2)Cc2cccc(C#N)c2)ccc1C#N. The van der Waals surface area contributed by atoms with Crippen LogP contribution in [0, 0.1) is 29.6 Å². The molecule has 154 valence electrons. The first-order valence-corrected chi connectivity index (χ1v) is 10.4. The summed E-state index contributed by atoms with van der Waals surface area (Å²) in [5, 5.41) is 19.0. The van der Waals surface area contributed by atoms with Gasteiger partial charge in [-0.1, -0.05) is 42.5 Å². The molecule has 3 aromatic carbocycles. The Morgan fingerprint density at radius 3 is 2.34 bits per heavy atom. The molecule has 0 saturated heterocycles. The topological polar surface area (TPSA) is 63.7 Å². The maximum Gasteiger partial charge on any atom is 0.0998 e. The summed E-state index contributed by atoms with van der Waals surface area (Å²) in [6, 6.07) is 30.3. The summed E-state index contributed by atoms with van der Waals surface area (Å²) in [7, 11) is 0. The van der Waals surface area contributed by atoms with E-state index in [2.05, 4.69) is 53.2 Å². The third-order valence-electron chi connectivity index (χ3n) is 5.45. The van der Waals surface area contributed by atoms with Crippen LogP contribution in [0.25, 0.3) is 11.1 Å². The minimum absolute atomic E-state index is 0.628. The maximum absolute atomic E-state index is 9.73. The lowest BCUT2D eigenvalue weighted by atomic mass is 9.95. The Morgan fingerprint density at radius 2 is 1.59 bits per heavy atom. The summed E-state index contributed by atoms with van der Waals surface area (Å²) in [5.74, 6) is 0. The second-order valence-corrected chi connectivity index (χ2v) is 7.69.